The fraction of sp³-hybridized carbons (Fsp3) is 0.929. The molecule has 0 bridgehead atoms. The van der Waals surface area contributed by atoms with Gasteiger partial charge in [-0.1, -0.05) is 13.3 Å². The van der Waals surface area contributed by atoms with Crippen LogP contribution in [-0.2, 0) is 4.74 Å². The second-order valence-electron chi connectivity index (χ2n) is 5.95. The zero-order chi connectivity index (χ0) is 12.9. The number of rotatable bonds is 5. The Hall–Kier alpha value is -0.590. The molecule has 17 heavy (non-hydrogen) atoms. The van der Waals surface area contributed by atoms with Gasteiger partial charge in [0, 0.05) is 6.61 Å². The van der Waals surface area contributed by atoms with E-state index in [0.29, 0.717) is 5.92 Å². The highest BCUT2D eigenvalue weighted by Gasteiger charge is 2.42. The Labute approximate surface area is 106 Å². The average molecular weight is 238 g/mol. The van der Waals surface area contributed by atoms with Gasteiger partial charge in [0.1, 0.15) is 5.54 Å². The number of hydrogen-bond acceptors (Lipinski definition) is 3. The molecule has 1 saturated carbocycles. The van der Waals surface area contributed by atoms with E-state index in [4.69, 9.17) is 4.74 Å². The summed E-state index contributed by atoms with van der Waals surface area (Å²) in [7, 11) is 0. The molecule has 3 nitrogen and oxygen atoms in total. The van der Waals surface area contributed by atoms with E-state index in [-0.39, 0.29) is 11.1 Å². The highest BCUT2D eigenvalue weighted by Crippen LogP contribution is 2.37. The minimum Gasteiger partial charge on any atom is -0.376 e. The Kier molecular flexibility index (Phi) is 4.97. The summed E-state index contributed by atoms with van der Waals surface area (Å²) in [5, 5.41) is 12.8. The second-order valence-corrected chi connectivity index (χ2v) is 5.95. The second kappa shape index (κ2) is 5.84. The summed E-state index contributed by atoms with van der Waals surface area (Å²) in [6, 6.07) is 2.51. The van der Waals surface area contributed by atoms with Gasteiger partial charge >= 0.3 is 0 Å². The van der Waals surface area contributed by atoms with Crippen molar-refractivity contribution in [2.45, 2.75) is 64.5 Å². The molecule has 0 aliphatic heterocycles. The number of ether oxygens (including phenoxy) is 1. The lowest BCUT2D eigenvalue weighted by molar-refractivity contribution is -0.0116. The fourth-order valence-corrected chi connectivity index (χ4v) is 2.71. The molecule has 0 aromatic rings. The number of nitrogens with one attached hydrogen (secondary N) is 1. The Balaban J connectivity index is 2.49. The zero-order valence-electron chi connectivity index (χ0n) is 11.7. The molecule has 0 aromatic carbocycles. The van der Waals surface area contributed by atoms with Crippen molar-refractivity contribution < 1.29 is 4.74 Å². The highest BCUT2D eigenvalue weighted by atomic mass is 16.5. The molecule has 1 N–H and O–H groups in total. The molecule has 0 spiro atoms. The van der Waals surface area contributed by atoms with Crippen molar-refractivity contribution in [3.8, 4) is 6.07 Å². The van der Waals surface area contributed by atoms with Crippen LogP contribution >= 0.6 is 0 Å². The molecule has 98 valence electrons. The molecule has 0 aromatic heterocycles. The SMILES string of the molecule is CCNC1(C#N)CCCC1CCOC(C)(C)C. The van der Waals surface area contributed by atoms with Gasteiger partial charge in [-0.25, -0.2) is 0 Å². The van der Waals surface area contributed by atoms with E-state index in [1.165, 1.54) is 0 Å². The summed E-state index contributed by atoms with van der Waals surface area (Å²) < 4.78 is 5.77. The Morgan fingerprint density at radius 1 is 1.47 bits per heavy atom. The lowest BCUT2D eigenvalue weighted by atomic mass is 9.86. The quantitative estimate of drug-likeness (QED) is 0.801. The standard InChI is InChI=1S/C14H26N2O/c1-5-16-14(11-15)9-6-7-12(14)8-10-17-13(2,3)4/h12,16H,5-10H2,1-4H3. The molecule has 1 rings (SSSR count). The molecule has 0 heterocycles. The van der Waals surface area contributed by atoms with Gasteiger partial charge in [0.05, 0.1) is 11.7 Å². The van der Waals surface area contributed by atoms with Crippen LogP contribution in [0.1, 0.15) is 53.4 Å². The molecule has 0 amide bonds. The first-order chi connectivity index (χ1) is 7.93. The van der Waals surface area contributed by atoms with Crippen LogP contribution in [0.4, 0.5) is 0 Å². The van der Waals surface area contributed by atoms with Gasteiger partial charge in [-0.05, 0) is 52.5 Å². The molecule has 3 heteroatoms. The Morgan fingerprint density at radius 3 is 2.71 bits per heavy atom. The topological polar surface area (TPSA) is 45.0 Å². The van der Waals surface area contributed by atoms with Crippen molar-refractivity contribution in [2.24, 2.45) is 5.92 Å². The van der Waals surface area contributed by atoms with E-state index in [2.05, 4.69) is 39.1 Å². The monoisotopic (exact) mass is 238 g/mol. The smallest absolute Gasteiger partial charge is 0.109 e. The molecule has 2 atom stereocenters. The van der Waals surface area contributed by atoms with Crippen molar-refractivity contribution in [2.75, 3.05) is 13.2 Å². The Bertz CT molecular complexity index is 277. The summed E-state index contributed by atoms with van der Waals surface area (Å²) in [6.45, 7) is 9.91. The number of hydrogen-bond donors (Lipinski definition) is 1. The van der Waals surface area contributed by atoms with Crippen LogP contribution in [0.3, 0.4) is 0 Å². The van der Waals surface area contributed by atoms with Gasteiger partial charge < -0.3 is 4.74 Å². The van der Waals surface area contributed by atoms with E-state index in [9.17, 15) is 5.26 Å². The van der Waals surface area contributed by atoms with E-state index in [0.717, 1.165) is 38.8 Å². The van der Waals surface area contributed by atoms with Crippen LogP contribution in [0, 0.1) is 17.2 Å². The van der Waals surface area contributed by atoms with Crippen LogP contribution in [0.25, 0.3) is 0 Å². The lowest BCUT2D eigenvalue weighted by Crippen LogP contribution is -2.47. The van der Waals surface area contributed by atoms with E-state index in [1.807, 2.05) is 0 Å². The third kappa shape index (κ3) is 3.97. The van der Waals surface area contributed by atoms with Gasteiger partial charge in [-0.3, -0.25) is 5.32 Å². The maximum absolute atomic E-state index is 9.42. The molecule has 0 radical (unpaired) electrons. The van der Waals surface area contributed by atoms with Crippen molar-refractivity contribution in [1.82, 2.24) is 5.32 Å². The molecule has 1 aliphatic rings. The first-order valence-electron chi connectivity index (χ1n) is 6.74. The summed E-state index contributed by atoms with van der Waals surface area (Å²) in [5.41, 5.74) is -0.373. The number of nitrogens with zero attached hydrogens (tertiary/aromatic N) is 1. The van der Waals surface area contributed by atoms with Crippen molar-refractivity contribution in [3.05, 3.63) is 0 Å². The van der Waals surface area contributed by atoms with E-state index >= 15 is 0 Å². The summed E-state index contributed by atoms with van der Waals surface area (Å²) >= 11 is 0. The van der Waals surface area contributed by atoms with Gasteiger partial charge in [0.15, 0.2) is 0 Å². The van der Waals surface area contributed by atoms with E-state index in [1.54, 1.807) is 0 Å². The van der Waals surface area contributed by atoms with Crippen molar-refractivity contribution in [1.29, 1.82) is 5.26 Å². The lowest BCUT2D eigenvalue weighted by Gasteiger charge is -2.30. The molecular formula is C14H26N2O. The summed E-state index contributed by atoms with van der Waals surface area (Å²) in [6.07, 6.45) is 4.27. The van der Waals surface area contributed by atoms with Crippen LogP contribution in [-0.4, -0.2) is 24.3 Å². The largest absolute Gasteiger partial charge is 0.376 e. The molecule has 1 fully saturated rings. The third-order valence-corrected chi connectivity index (χ3v) is 3.51. The van der Waals surface area contributed by atoms with Crippen LogP contribution in [0.5, 0.6) is 0 Å². The van der Waals surface area contributed by atoms with Gasteiger partial charge in [-0.2, -0.15) is 5.26 Å². The first kappa shape index (κ1) is 14.5. The molecule has 0 saturated heterocycles. The van der Waals surface area contributed by atoms with Gasteiger partial charge in [0.2, 0.25) is 0 Å². The summed E-state index contributed by atoms with van der Waals surface area (Å²) in [5.74, 6) is 0.440. The molecule has 2 unspecified atom stereocenters. The van der Waals surface area contributed by atoms with E-state index < -0.39 is 0 Å². The van der Waals surface area contributed by atoms with Gasteiger partial charge in [-0.15, -0.1) is 0 Å². The van der Waals surface area contributed by atoms with Crippen LogP contribution in [0.15, 0.2) is 0 Å². The fourth-order valence-electron chi connectivity index (χ4n) is 2.71. The zero-order valence-corrected chi connectivity index (χ0v) is 11.7. The molecule has 1 aliphatic carbocycles. The third-order valence-electron chi connectivity index (χ3n) is 3.51. The van der Waals surface area contributed by atoms with Crippen molar-refractivity contribution >= 4 is 0 Å². The predicted molar refractivity (Wildman–Crippen MR) is 69.7 cm³/mol. The van der Waals surface area contributed by atoms with Crippen LogP contribution < -0.4 is 5.32 Å². The summed E-state index contributed by atoms with van der Waals surface area (Å²) in [4.78, 5) is 0. The minimum atomic E-state index is -0.296. The number of nitriles is 1. The van der Waals surface area contributed by atoms with Crippen molar-refractivity contribution in [3.63, 3.8) is 0 Å². The maximum atomic E-state index is 9.42. The highest BCUT2D eigenvalue weighted by molar-refractivity contribution is 5.13. The normalized spacial score (nSPS) is 29.2. The first-order valence-corrected chi connectivity index (χ1v) is 6.74. The van der Waals surface area contributed by atoms with Crippen LogP contribution in [0.2, 0.25) is 0 Å². The average Bonchev–Trinajstić information content (AvgIpc) is 2.61. The van der Waals surface area contributed by atoms with Gasteiger partial charge in [0.25, 0.3) is 0 Å². The minimum absolute atomic E-state index is 0.0773. The Morgan fingerprint density at radius 2 is 2.18 bits per heavy atom. The molecular weight excluding hydrogens is 212 g/mol. The predicted octanol–water partition coefficient (Wildman–Crippen LogP) is 2.86. The maximum Gasteiger partial charge on any atom is 0.109 e.